The largest absolute Gasteiger partial charge is 0.449 e. The molecule has 1 aliphatic carbocycles. The summed E-state index contributed by atoms with van der Waals surface area (Å²) >= 11 is 0. The van der Waals surface area contributed by atoms with E-state index in [2.05, 4.69) is 16.0 Å². The second kappa shape index (κ2) is 21.5. The molecule has 62 heavy (non-hydrogen) atoms. The van der Waals surface area contributed by atoms with Crippen LogP contribution in [0.15, 0.2) is 140 Å². The molecular weight excluding hydrogens is 785 g/mol. The fourth-order valence-electron chi connectivity index (χ4n) is 7.47. The van der Waals surface area contributed by atoms with Crippen molar-refractivity contribution in [1.82, 2.24) is 20.9 Å². The number of hydrogen-bond donors (Lipinski definition) is 3. The van der Waals surface area contributed by atoms with Crippen molar-refractivity contribution in [2.45, 2.75) is 63.7 Å². The molecule has 0 saturated carbocycles. The number of hydrogen-bond acceptors (Lipinski definition) is 8. The summed E-state index contributed by atoms with van der Waals surface area (Å²) < 4.78 is 16.6. The van der Waals surface area contributed by atoms with Gasteiger partial charge in [-0.15, -0.1) is 0 Å². The minimum atomic E-state index is -1.17. The summed E-state index contributed by atoms with van der Waals surface area (Å²) in [6, 6.07) is 43.5. The molecule has 5 aromatic carbocycles. The van der Waals surface area contributed by atoms with Crippen LogP contribution < -0.4 is 16.0 Å². The summed E-state index contributed by atoms with van der Waals surface area (Å²) in [6.07, 6.45) is -2.33. The second-order valence-corrected chi connectivity index (χ2v) is 16.1. The van der Waals surface area contributed by atoms with E-state index in [1.165, 1.54) is 0 Å². The Bertz CT molecular complexity index is 2200. The Labute approximate surface area is 363 Å². The topological polar surface area (TPSA) is 152 Å². The summed E-state index contributed by atoms with van der Waals surface area (Å²) in [5.41, 5.74) is 6.17. The van der Waals surface area contributed by atoms with Gasteiger partial charge in [-0.1, -0.05) is 140 Å². The number of fused-ring (bicyclic) bond motifs is 3. The number of amides is 4. The number of ether oxygens (including phenoxy) is 3. The van der Waals surface area contributed by atoms with Crippen molar-refractivity contribution in [3.63, 3.8) is 0 Å². The van der Waals surface area contributed by atoms with Crippen LogP contribution in [0.25, 0.3) is 11.1 Å². The quantitative estimate of drug-likeness (QED) is 0.0745. The molecule has 1 unspecified atom stereocenters. The highest BCUT2D eigenvalue weighted by molar-refractivity contribution is 5.88. The van der Waals surface area contributed by atoms with Gasteiger partial charge in [0.25, 0.3) is 0 Å². The zero-order valence-corrected chi connectivity index (χ0v) is 35.4. The maximum atomic E-state index is 14.9. The Balaban J connectivity index is 1.20. The number of ketones is 1. The number of alkyl carbamates (subject to hydrolysis) is 3. The van der Waals surface area contributed by atoms with E-state index < -0.39 is 35.8 Å². The predicted molar refractivity (Wildman–Crippen MR) is 236 cm³/mol. The molecule has 1 aliphatic rings. The molecule has 6 rings (SSSR count). The van der Waals surface area contributed by atoms with E-state index in [4.69, 9.17) is 14.2 Å². The van der Waals surface area contributed by atoms with Gasteiger partial charge in [-0.3, -0.25) is 9.59 Å². The number of carbonyl (C=O) groups excluding carboxylic acids is 5. The van der Waals surface area contributed by atoms with E-state index in [1.54, 1.807) is 25.7 Å². The molecule has 0 spiro atoms. The van der Waals surface area contributed by atoms with Crippen LogP contribution in [0.1, 0.15) is 73.3 Å². The standard InChI is InChI=1S/C50H54N4O8/c1-50(2,3)62-48(58)51-29-27-45(53-49(59)61-34-44-41-25-15-13-23-39(41)40-24-14-16-26-42(40)44)46(56)54(32-43(36-19-9-5-10-20-36)37-21-11-6-12-22-37)30-28-38(55)31-52-47(57)60-33-35-17-7-4-8-18-35/h4-26,43-45H,27-34H2,1-3H3,(H,51,58)(H,52,57)(H,53,59). The van der Waals surface area contributed by atoms with Gasteiger partial charge >= 0.3 is 18.3 Å². The average molecular weight is 839 g/mol. The van der Waals surface area contributed by atoms with Crippen molar-refractivity contribution >= 4 is 30.0 Å². The smallest absolute Gasteiger partial charge is 0.407 e. The lowest BCUT2D eigenvalue weighted by Gasteiger charge is -2.32. The number of rotatable bonds is 18. The van der Waals surface area contributed by atoms with Crippen LogP contribution in [0.4, 0.5) is 14.4 Å². The van der Waals surface area contributed by atoms with E-state index in [0.717, 1.165) is 38.9 Å². The highest BCUT2D eigenvalue weighted by atomic mass is 16.6. The minimum Gasteiger partial charge on any atom is -0.449 e. The van der Waals surface area contributed by atoms with Crippen molar-refractivity contribution in [2.75, 3.05) is 32.8 Å². The summed E-state index contributed by atoms with van der Waals surface area (Å²) in [6.45, 7) is 5.10. The summed E-state index contributed by atoms with van der Waals surface area (Å²) in [5.74, 6) is -1.33. The first-order valence-electron chi connectivity index (χ1n) is 20.9. The highest BCUT2D eigenvalue weighted by Gasteiger charge is 2.32. The lowest BCUT2D eigenvalue weighted by atomic mass is 9.90. The van der Waals surface area contributed by atoms with Crippen LogP contribution in [0.3, 0.4) is 0 Å². The average Bonchev–Trinajstić information content (AvgIpc) is 3.60. The molecular formula is C50H54N4O8. The predicted octanol–water partition coefficient (Wildman–Crippen LogP) is 8.35. The lowest BCUT2D eigenvalue weighted by molar-refractivity contribution is -0.134. The maximum absolute atomic E-state index is 14.9. The fourth-order valence-corrected chi connectivity index (χ4v) is 7.47. The van der Waals surface area contributed by atoms with Crippen LogP contribution in [0.2, 0.25) is 0 Å². The Morgan fingerprint density at radius 1 is 0.645 bits per heavy atom. The maximum Gasteiger partial charge on any atom is 0.407 e. The summed E-state index contributed by atoms with van der Waals surface area (Å²) in [7, 11) is 0. The van der Waals surface area contributed by atoms with E-state index in [-0.39, 0.29) is 69.9 Å². The number of nitrogens with zero attached hydrogens (tertiary/aromatic N) is 1. The zero-order chi connectivity index (χ0) is 43.9. The molecule has 5 aromatic rings. The SMILES string of the molecule is CC(C)(C)OC(=O)NCCC(NC(=O)OCC1c2ccccc2-c2ccccc21)C(=O)N(CCC(=O)CNC(=O)OCc1ccccc1)CC(c1ccccc1)c1ccccc1. The van der Waals surface area contributed by atoms with Crippen molar-refractivity contribution < 1.29 is 38.2 Å². The third-order valence-corrected chi connectivity index (χ3v) is 10.5. The first kappa shape index (κ1) is 44.6. The Hall–Kier alpha value is -6.95. The Morgan fingerprint density at radius 3 is 1.77 bits per heavy atom. The van der Waals surface area contributed by atoms with E-state index >= 15 is 0 Å². The second-order valence-electron chi connectivity index (χ2n) is 16.1. The molecule has 12 nitrogen and oxygen atoms in total. The van der Waals surface area contributed by atoms with Crippen LogP contribution in [-0.4, -0.2) is 79.3 Å². The molecule has 0 aromatic heterocycles. The first-order valence-corrected chi connectivity index (χ1v) is 20.9. The summed E-state index contributed by atoms with van der Waals surface area (Å²) in [5, 5.41) is 8.00. The Kier molecular flexibility index (Phi) is 15.5. The van der Waals surface area contributed by atoms with E-state index in [0.29, 0.717) is 0 Å². The minimum absolute atomic E-state index is 0.0110. The molecule has 0 bridgehead atoms. The van der Waals surface area contributed by atoms with Gasteiger partial charge in [0, 0.05) is 37.9 Å². The van der Waals surface area contributed by atoms with Crippen molar-refractivity contribution in [3.8, 4) is 11.1 Å². The molecule has 0 radical (unpaired) electrons. The van der Waals surface area contributed by atoms with Crippen molar-refractivity contribution in [2.24, 2.45) is 0 Å². The molecule has 1 atom stereocenters. The van der Waals surface area contributed by atoms with Gasteiger partial charge in [-0.25, -0.2) is 14.4 Å². The molecule has 4 amide bonds. The molecule has 0 fully saturated rings. The lowest BCUT2D eigenvalue weighted by Crippen LogP contribution is -2.51. The third kappa shape index (κ3) is 12.8. The van der Waals surface area contributed by atoms with Gasteiger partial charge in [-0.05, 0) is 66.1 Å². The molecule has 0 heterocycles. The van der Waals surface area contributed by atoms with Crippen LogP contribution in [0, 0.1) is 0 Å². The van der Waals surface area contributed by atoms with Crippen LogP contribution >= 0.6 is 0 Å². The monoisotopic (exact) mass is 838 g/mol. The Morgan fingerprint density at radius 2 is 1.19 bits per heavy atom. The normalized spacial score (nSPS) is 12.3. The van der Waals surface area contributed by atoms with Crippen LogP contribution in [-0.2, 0) is 30.4 Å². The van der Waals surface area contributed by atoms with E-state index in [1.807, 2.05) is 140 Å². The van der Waals surface area contributed by atoms with Gasteiger partial charge in [0.1, 0.15) is 24.9 Å². The number of Topliss-reactive ketones (excluding diaryl/α,β-unsaturated/α-hetero) is 1. The molecule has 0 saturated heterocycles. The van der Waals surface area contributed by atoms with Gasteiger partial charge in [0.15, 0.2) is 5.78 Å². The molecule has 3 N–H and O–H groups in total. The number of nitrogens with one attached hydrogen (secondary N) is 3. The first-order chi connectivity index (χ1) is 29.9. The van der Waals surface area contributed by atoms with Gasteiger partial charge in [-0.2, -0.15) is 0 Å². The van der Waals surface area contributed by atoms with Gasteiger partial charge in [0.2, 0.25) is 5.91 Å². The number of benzene rings is 5. The number of carbonyl (C=O) groups is 5. The zero-order valence-electron chi connectivity index (χ0n) is 35.4. The molecule has 12 heteroatoms. The summed E-state index contributed by atoms with van der Waals surface area (Å²) in [4.78, 5) is 68.6. The molecule has 322 valence electrons. The molecule has 0 aliphatic heterocycles. The van der Waals surface area contributed by atoms with Crippen molar-refractivity contribution in [1.29, 1.82) is 0 Å². The van der Waals surface area contributed by atoms with Crippen molar-refractivity contribution in [3.05, 3.63) is 167 Å². The van der Waals surface area contributed by atoms with E-state index in [9.17, 15) is 24.0 Å². The third-order valence-electron chi connectivity index (χ3n) is 10.5. The fraction of sp³-hybridized carbons (Fsp3) is 0.300. The van der Waals surface area contributed by atoms with Crippen LogP contribution in [0.5, 0.6) is 0 Å². The van der Waals surface area contributed by atoms with Gasteiger partial charge in [0.05, 0.1) is 6.54 Å². The van der Waals surface area contributed by atoms with Gasteiger partial charge < -0.3 is 35.1 Å². The highest BCUT2D eigenvalue weighted by Crippen LogP contribution is 2.44.